The summed E-state index contributed by atoms with van der Waals surface area (Å²) in [4.78, 5) is 4.98. The first-order valence-corrected chi connectivity index (χ1v) is 18.2. The predicted octanol–water partition coefficient (Wildman–Crippen LogP) is 14.1. The number of rotatable bonds is 11. The maximum atomic E-state index is 9.45. The number of allylic oxidation sites excluding steroid dienone is 9. The summed E-state index contributed by atoms with van der Waals surface area (Å²) in [7, 11) is 0. The molecule has 0 aliphatic rings. The Bertz CT molecular complexity index is 2670. The minimum Gasteiger partial charge on any atom is -0.810 e. The van der Waals surface area contributed by atoms with Crippen LogP contribution in [0.1, 0.15) is 103 Å². The second-order valence-electron chi connectivity index (χ2n) is 13.5. The Kier molecular flexibility index (Phi) is 12.0. The van der Waals surface area contributed by atoms with Gasteiger partial charge in [-0.3, -0.25) is 4.98 Å². The van der Waals surface area contributed by atoms with E-state index in [1.165, 1.54) is 6.07 Å². The van der Waals surface area contributed by atoms with E-state index in [9.17, 15) is 5.41 Å². The van der Waals surface area contributed by atoms with Gasteiger partial charge in [-0.1, -0.05) is 144 Å². The minimum atomic E-state index is -2.36. The second-order valence-corrected chi connectivity index (χ2v) is 13.5. The van der Waals surface area contributed by atoms with Crippen LogP contribution in [0, 0.1) is 25.8 Å². The Labute approximate surface area is 360 Å². The third-order valence-corrected chi connectivity index (χ3v) is 9.04. The topological polar surface area (TPSA) is 40.1 Å². The molecule has 0 saturated heterocycles. The summed E-state index contributed by atoms with van der Waals surface area (Å²) < 4.78 is 66.5. The van der Waals surface area contributed by atoms with Gasteiger partial charge in [0.25, 0.3) is 0 Å². The van der Waals surface area contributed by atoms with Crippen LogP contribution in [-0.2, 0) is 20.1 Å². The molecule has 284 valence electrons. The zero-order chi connectivity index (χ0) is 46.3. The molecule has 6 aromatic rings. The summed E-state index contributed by atoms with van der Waals surface area (Å²) in [5.74, 6) is -1.39. The molecule has 6 rings (SSSR count). The molecule has 0 aliphatic carbocycles. The van der Waals surface area contributed by atoms with E-state index in [1.807, 2.05) is 137 Å². The first-order valence-electron chi connectivity index (χ1n) is 22.2. The van der Waals surface area contributed by atoms with Gasteiger partial charge in [0.1, 0.15) is 0 Å². The van der Waals surface area contributed by atoms with E-state index in [4.69, 9.17) is 16.0 Å². The van der Waals surface area contributed by atoms with Crippen LogP contribution >= 0.6 is 0 Å². The Morgan fingerprint density at radius 2 is 1.59 bits per heavy atom. The zero-order valence-electron chi connectivity index (χ0n) is 40.7. The summed E-state index contributed by atoms with van der Waals surface area (Å²) >= 11 is 0. The van der Waals surface area contributed by atoms with Gasteiger partial charge in [-0.25, -0.2) is 0 Å². The van der Waals surface area contributed by atoms with Crippen LogP contribution < -0.4 is 0 Å². The minimum absolute atomic E-state index is 0. The maximum absolute atomic E-state index is 9.45. The molecule has 4 heteroatoms. The van der Waals surface area contributed by atoms with Gasteiger partial charge < -0.3 is 9.98 Å². The van der Waals surface area contributed by atoms with E-state index in [0.29, 0.717) is 28.1 Å². The van der Waals surface area contributed by atoms with Gasteiger partial charge >= 0.3 is 20.1 Å². The van der Waals surface area contributed by atoms with E-state index in [1.54, 1.807) is 42.5 Å². The van der Waals surface area contributed by atoms with E-state index >= 15 is 0 Å². The number of hydrogen-bond acceptors (Lipinski definition) is 1. The molecule has 0 spiro atoms. The van der Waals surface area contributed by atoms with E-state index < -0.39 is 25.5 Å². The summed E-state index contributed by atoms with van der Waals surface area (Å²) in [6.45, 7) is 10.9. The average molecular weight is 919 g/mol. The van der Waals surface area contributed by atoms with Gasteiger partial charge in [0, 0.05) is 16.7 Å². The molecule has 0 fully saturated rings. The SMILES string of the molecule is [2H]C([2H])([2H])c1c[c-]c(-c2nc3ccccc3n2-c2c(C([2H])(C)C)cccc2C([2H])(C)C)cc1C(=C)/C=C\C=C/C.[2H]C([2H])([2H])c1ccc(/C(C=[N-])=C/C=C(\C)c2[c-]cccc2)cc1.[Ir+3]. The van der Waals surface area contributed by atoms with Gasteiger partial charge in [0.15, 0.2) is 0 Å². The summed E-state index contributed by atoms with van der Waals surface area (Å²) in [5.41, 5.74) is 9.25. The molecule has 0 atom stereocenters. The second kappa shape index (κ2) is 20.5. The Hall–Kier alpha value is -5.41. The molecule has 0 amide bonds. The monoisotopic (exact) mass is 919 g/mol. The van der Waals surface area contributed by atoms with Crippen LogP contribution in [0.5, 0.6) is 0 Å². The molecule has 0 aliphatic heterocycles. The zero-order valence-corrected chi connectivity index (χ0v) is 35.1. The Balaban J connectivity index is 0.000000319. The molecule has 3 nitrogen and oxygen atoms in total. The van der Waals surface area contributed by atoms with E-state index in [2.05, 4.69) is 18.7 Å². The molecule has 5 aromatic carbocycles. The van der Waals surface area contributed by atoms with Crippen molar-refractivity contribution in [2.45, 2.75) is 67.0 Å². The van der Waals surface area contributed by atoms with Crippen molar-refractivity contribution >= 4 is 34.0 Å². The Morgan fingerprint density at radius 3 is 2.21 bits per heavy atom. The van der Waals surface area contributed by atoms with Crippen molar-refractivity contribution in [2.75, 3.05) is 0 Å². The van der Waals surface area contributed by atoms with Crippen LogP contribution in [-0.4, -0.2) is 15.8 Å². The van der Waals surface area contributed by atoms with E-state index in [0.717, 1.165) is 50.8 Å². The first-order chi connectivity index (χ1) is 29.6. The van der Waals surface area contributed by atoms with Gasteiger partial charge in [0.2, 0.25) is 0 Å². The third kappa shape index (κ3) is 10.5. The molecular formula is C52H52IrN3. The molecular weight excluding hydrogens is 859 g/mol. The number of benzene rings is 5. The number of fused-ring (bicyclic) bond motifs is 1. The van der Waals surface area contributed by atoms with Crippen molar-refractivity contribution < 1.29 is 31.1 Å². The molecule has 0 radical (unpaired) electrons. The van der Waals surface area contributed by atoms with Crippen LogP contribution in [0.3, 0.4) is 0 Å². The number of aryl methyl sites for hydroxylation is 2. The summed E-state index contributed by atoms with van der Waals surface area (Å²) in [6, 6.07) is 37.3. The van der Waals surface area contributed by atoms with Crippen molar-refractivity contribution in [2.24, 2.45) is 0 Å². The molecule has 1 heterocycles. The summed E-state index contributed by atoms with van der Waals surface area (Å²) in [5, 5.41) is 9.45. The standard InChI is InChI=1S/C33H35N2.C19H17N.Ir/c1-8-9-10-14-24(6)29-21-26(20-19-25(29)7)33-34-30-17-11-12-18-31(30)35(33)32-27(22(2)3)15-13-16-28(32)23(4)5;1-15-8-11-18(12-9-15)19(14-20)13-10-16(2)17-6-4-3-5-7-17;/h8-19,21-23H,6H2,1-5,7H3;3-6,8-14H,1-2H3;/q-1;-2;+3/b9-8-,14-10-;16-10+,19-13+;/i7D3,22D,23D;1D3;. The smallest absolute Gasteiger partial charge is 0.810 e. The third-order valence-electron chi connectivity index (χ3n) is 9.04. The fourth-order valence-corrected chi connectivity index (χ4v) is 6.10. The van der Waals surface area contributed by atoms with Crippen LogP contribution in [0.15, 0.2) is 146 Å². The number of imidazole rings is 1. The number of nitrogens with zero attached hydrogens (tertiary/aromatic N) is 3. The van der Waals surface area contributed by atoms with E-state index in [-0.39, 0.29) is 31.2 Å². The van der Waals surface area contributed by atoms with Gasteiger partial charge in [-0.2, -0.15) is 6.21 Å². The molecule has 1 aromatic heterocycles. The van der Waals surface area contributed by atoms with Crippen LogP contribution in [0.25, 0.3) is 50.2 Å². The number of hydrogen-bond donors (Lipinski definition) is 0. The normalized spacial score (nSPS) is 14.9. The molecule has 56 heavy (non-hydrogen) atoms. The molecule has 0 bridgehead atoms. The van der Waals surface area contributed by atoms with Crippen LogP contribution in [0.4, 0.5) is 0 Å². The number of aromatic nitrogens is 2. The van der Waals surface area contributed by atoms with Crippen molar-refractivity contribution in [1.82, 2.24) is 9.55 Å². The average Bonchev–Trinajstić information content (AvgIpc) is 3.62. The van der Waals surface area contributed by atoms with Crippen molar-refractivity contribution in [3.05, 3.63) is 203 Å². The first kappa shape index (κ1) is 32.8. The molecule has 0 saturated carbocycles. The van der Waals surface area contributed by atoms with Crippen molar-refractivity contribution in [3.8, 4) is 17.1 Å². The van der Waals surface area contributed by atoms with Crippen LogP contribution in [0.2, 0.25) is 0 Å². The largest absolute Gasteiger partial charge is 3.00 e. The van der Waals surface area contributed by atoms with Gasteiger partial charge in [-0.15, -0.1) is 76.9 Å². The summed E-state index contributed by atoms with van der Waals surface area (Å²) in [6.07, 6.45) is 12.1. The van der Waals surface area contributed by atoms with Crippen molar-refractivity contribution in [3.63, 3.8) is 0 Å². The fraction of sp³-hybridized carbons (Fsp3) is 0.192. The predicted molar refractivity (Wildman–Crippen MR) is 239 cm³/mol. The van der Waals surface area contributed by atoms with Gasteiger partial charge in [0.05, 0.1) is 16.9 Å². The molecule has 0 unspecified atom stereocenters. The quantitative estimate of drug-likeness (QED) is 0.0725. The Morgan fingerprint density at radius 1 is 0.875 bits per heavy atom. The fourth-order valence-electron chi connectivity index (χ4n) is 6.10. The maximum Gasteiger partial charge on any atom is 3.00 e. The van der Waals surface area contributed by atoms with Gasteiger partial charge in [-0.05, 0) is 65.5 Å². The van der Waals surface area contributed by atoms with Crippen molar-refractivity contribution in [1.29, 1.82) is 0 Å². The number of para-hydroxylation sites is 3. The molecule has 0 N–H and O–H groups in total.